The van der Waals surface area contributed by atoms with E-state index in [0.29, 0.717) is 37.2 Å². The molecule has 2 aliphatic rings. The van der Waals surface area contributed by atoms with Crippen LogP contribution in [0.25, 0.3) is 0 Å². The summed E-state index contributed by atoms with van der Waals surface area (Å²) >= 11 is 0. The van der Waals surface area contributed by atoms with Crippen molar-refractivity contribution in [3.63, 3.8) is 0 Å². The first-order valence-corrected chi connectivity index (χ1v) is 13.9. The molecule has 2 aromatic carbocycles. The van der Waals surface area contributed by atoms with E-state index in [1.54, 1.807) is 4.31 Å². The number of sulfonamides is 1. The Hall–Kier alpha value is -2.38. The van der Waals surface area contributed by atoms with Gasteiger partial charge in [-0.15, -0.1) is 0 Å². The third kappa shape index (κ3) is 4.98. The number of carbonyl (C=O) groups is 1. The lowest BCUT2D eigenvalue weighted by Crippen LogP contribution is -2.45. The van der Waals surface area contributed by atoms with Gasteiger partial charge in [0.05, 0.1) is 11.3 Å². The van der Waals surface area contributed by atoms with Gasteiger partial charge in [0.1, 0.15) is 11.4 Å². The zero-order valence-electron chi connectivity index (χ0n) is 21.5. The topological polar surface area (TPSA) is 83.9 Å². The molecule has 1 fully saturated rings. The molecule has 2 aliphatic heterocycles. The van der Waals surface area contributed by atoms with E-state index in [9.17, 15) is 18.3 Å². The van der Waals surface area contributed by atoms with E-state index in [1.807, 2.05) is 51.1 Å². The molecule has 190 valence electrons. The normalized spacial score (nSPS) is 19.6. The molecule has 0 unspecified atom stereocenters. The molecule has 0 atom stereocenters. The van der Waals surface area contributed by atoms with Crippen molar-refractivity contribution in [1.29, 1.82) is 0 Å². The summed E-state index contributed by atoms with van der Waals surface area (Å²) in [6, 6.07) is 9.88. The lowest BCUT2D eigenvalue weighted by molar-refractivity contribution is -0.140. The van der Waals surface area contributed by atoms with E-state index in [2.05, 4.69) is 13.8 Å². The Labute approximate surface area is 209 Å². The minimum Gasteiger partial charge on any atom is -0.487 e. The van der Waals surface area contributed by atoms with Crippen molar-refractivity contribution in [1.82, 2.24) is 4.31 Å². The second-order valence-electron chi connectivity index (χ2n) is 11.0. The second-order valence-corrected chi connectivity index (χ2v) is 12.9. The Bertz CT molecular complexity index is 1230. The van der Waals surface area contributed by atoms with Crippen molar-refractivity contribution < 1.29 is 23.1 Å². The Morgan fingerprint density at radius 1 is 1.00 bits per heavy atom. The van der Waals surface area contributed by atoms with Crippen LogP contribution in [0.4, 0.5) is 0 Å². The van der Waals surface area contributed by atoms with E-state index in [0.717, 1.165) is 46.4 Å². The Morgan fingerprint density at radius 2 is 1.63 bits per heavy atom. The number of nitrogens with zero attached hydrogens (tertiary/aromatic N) is 1. The summed E-state index contributed by atoms with van der Waals surface area (Å²) in [5.74, 6) is -0.00524. The molecule has 1 saturated heterocycles. The van der Waals surface area contributed by atoms with Crippen LogP contribution in [0.1, 0.15) is 67.3 Å². The van der Waals surface area contributed by atoms with Crippen molar-refractivity contribution in [2.45, 2.75) is 83.6 Å². The van der Waals surface area contributed by atoms with Gasteiger partial charge in [0.15, 0.2) is 0 Å². The van der Waals surface area contributed by atoms with E-state index in [4.69, 9.17) is 4.74 Å². The zero-order chi connectivity index (χ0) is 25.6. The molecule has 0 bridgehead atoms. The molecule has 35 heavy (non-hydrogen) atoms. The van der Waals surface area contributed by atoms with Gasteiger partial charge in [-0.2, -0.15) is 4.31 Å². The second kappa shape index (κ2) is 9.25. The molecule has 2 heterocycles. The Kier molecular flexibility index (Phi) is 6.79. The number of carboxylic acid groups (broad SMARTS) is 1. The Balaban J connectivity index is 1.63. The van der Waals surface area contributed by atoms with Gasteiger partial charge in [-0.05, 0) is 100.0 Å². The molecule has 2 aromatic rings. The first-order valence-electron chi connectivity index (χ1n) is 12.4. The largest absolute Gasteiger partial charge is 0.487 e. The van der Waals surface area contributed by atoms with Crippen molar-refractivity contribution in [3.05, 3.63) is 58.1 Å². The van der Waals surface area contributed by atoms with E-state index in [1.165, 1.54) is 0 Å². The van der Waals surface area contributed by atoms with Crippen molar-refractivity contribution in [2.75, 3.05) is 13.1 Å². The third-order valence-corrected chi connectivity index (χ3v) is 10.2. The molecule has 7 heteroatoms. The maximum atomic E-state index is 14.0. The molecule has 0 radical (unpaired) electrons. The molecule has 0 spiro atoms. The number of piperidine rings is 1. The van der Waals surface area contributed by atoms with Crippen LogP contribution in [-0.4, -0.2) is 42.5 Å². The molecule has 6 nitrogen and oxygen atoms in total. The average molecular weight is 500 g/mol. The van der Waals surface area contributed by atoms with Crippen LogP contribution in [-0.2, 0) is 27.7 Å². The smallest absolute Gasteiger partial charge is 0.303 e. The number of hydrogen-bond donors (Lipinski definition) is 1. The maximum absolute atomic E-state index is 14.0. The molecule has 0 amide bonds. The quantitative estimate of drug-likeness (QED) is 0.590. The zero-order valence-corrected chi connectivity index (χ0v) is 22.3. The summed E-state index contributed by atoms with van der Waals surface area (Å²) in [5.41, 5.74) is 3.77. The summed E-state index contributed by atoms with van der Waals surface area (Å²) in [7, 11) is -3.73. The molecule has 1 N–H and O–H groups in total. The Morgan fingerprint density at radius 3 is 2.23 bits per heavy atom. The van der Waals surface area contributed by atoms with Gasteiger partial charge in [0.25, 0.3) is 0 Å². The highest BCUT2D eigenvalue weighted by atomic mass is 32.2. The van der Waals surface area contributed by atoms with Gasteiger partial charge in [-0.1, -0.05) is 30.3 Å². The summed E-state index contributed by atoms with van der Waals surface area (Å²) < 4.78 is 35.8. The summed E-state index contributed by atoms with van der Waals surface area (Å²) in [5, 5.41) is 9.62. The first kappa shape index (κ1) is 25.7. The van der Waals surface area contributed by atoms with E-state index < -0.39 is 21.4 Å². The van der Waals surface area contributed by atoms with Crippen LogP contribution >= 0.6 is 0 Å². The monoisotopic (exact) mass is 499 g/mol. The van der Waals surface area contributed by atoms with Gasteiger partial charge in [-0.25, -0.2) is 8.42 Å². The van der Waals surface area contributed by atoms with Crippen molar-refractivity contribution in [2.24, 2.45) is 5.41 Å². The number of carboxylic acids is 1. The lowest BCUT2D eigenvalue weighted by Gasteiger charge is -2.41. The number of ether oxygens (including phenoxy) is 1. The number of benzene rings is 2. The van der Waals surface area contributed by atoms with Crippen LogP contribution in [0, 0.1) is 26.2 Å². The number of hydrogen-bond acceptors (Lipinski definition) is 4. The standard InChI is InChI=1S/C28H37NO5S/c1-19-20(2)26(21(3)23-11-12-27(4,5)34-25(19)23)35(32,33)29-15-13-28(14-16-29,18-24(30)31)17-22-9-7-6-8-10-22/h6-10H,11-18H2,1-5H3,(H,30,31). The number of fused-ring (bicyclic) bond motifs is 1. The molecule has 0 aliphatic carbocycles. The maximum Gasteiger partial charge on any atom is 0.303 e. The van der Waals surface area contributed by atoms with Gasteiger partial charge in [0, 0.05) is 13.1 Å². The summed E-state index contributed by atoms with van der Waals surface area (Å²) in [4.78, 5) is 12.1. The highest BCUT2D eigenvalue weighted by Gasteiger charge is 2.42. The van der Waals surface area contributed by atoms with Crippen LogP contribution in [0.2, 0.25) is 0 Å². The highest BCUT2D eigenvalue weighted by Crippen LogP contribution is 2.44. The third-order valence-electron chi connectivity index (χ3n) is 8.00. The molecule has 0 aromatic heterocycles. The molecule has 0 saturated carbocycles. The van der Waals surface area contributed by atoms with Crippen LogP contribution in [0.5, 0.6) is 5.75 Å². The fourth-order valence-electron chi connectivity index (χ4n) is 5.83. The number of rotatable bonds is 6. The van der Waals surface area contributed by atoms with E-state index >= 15 is 0 Å². The lowest BCUT2D eigenvalue weighted by atomic mass is 9.72. The van der Waals surface area contributed by atoms with Gasteiger partial charge in [-0.3, -0.25) is 4.79 Å². The average Bonchev–Trinajstić information content (AvgIpc) is 2.77. The van der Waals surface area contributed by atoms with Gasteiger partial charge in [0.2, 0.25) is 10.0 Å². The molecular formula is C28H37NO5S. The minimum atomic E-state index is -3.73. The predicted octanol–water partition coefficient (Wildman–Crippen LogP) is 5.20. The number of aliphatic carboxylic acids is 1. The predicted molar refractivity (Wildman–Crippen MR) is 137 cm³/mol. The van der Waals surface area contributed by atoms with Crippen LogP contribution in [0.3, 0.4) is 0 Å². The molecule has 4 rings (SSSR count). The van der Waals surface area contributed by atoms with E-state index in [-0.39, 0.29) is 12.0 Å². The highest BCUT2D eigenvalue weighted by molar-refractivity contribution is 7.89. The minimum absolute atomic E-state index is 0.0406. The van der Waals surface area contributed by atoms with Gasteiger partial charge < -0.3 is 9.84 Å². The van der Waals surface area contributed by atoms with Crippen LogP contribution < -0.4 is 4.74 Å². The summed E-state index contributed by atoms with van der Waals surface area (Å²) in [6.45, 7) is 10.5. The van der Waals surface area contributed by atoms with Crippen molar-refractivity contribution >= 4 is 16.0 Å². The van der Waals surface area contributed by atoms with Gasteiger partial charge >= 0.3 is 5.97 Å². The summed E-state index contributed by atoms with van der Waals surface area (Å²) in [6.07, 6.45) is 3.34. The molecular weight excluding hydrogens is 462 g/mol. The fraction of sp³-hybridized carbons (Fsp3) is 0.536. The SMILES string of the molecule is Cc1c(C)c(S(=O)(=O)N2CCC(CC(=O)O)(Cc3ccccc3)CC2)c(C)c2c1OC(C)(C)CC2. The van der Waals surface area contributed by atoms with Crippen molar-refractivity contribution in [3.8, 4) is 5.75 Å². The fourth-order valence-corrected chi connectivity index (χ4v) is 7.80. The first-order chi connectivity index (χ1) is 16.4. The van der Waals surface area contributed by atoms with Crippen LogP contribution in [0.15, 0.2) is 35.2 Å².